The van der Waals surface area contributed by atoms with Gasteiger partial charge in [0.2, 0.25) is 0 Å². The number of hydrogen-bond donors (Lipinski definition) is 2. The van der Waals surface area contributed by atoms with Crippen LogP contribution >= 0.6 is 0 Å². The van der Waals surface area contributed by atoms with Crippen LogP contribution < -0.4 is 5.32 Å². The van der Waals surface area contributed by atoms with E-state index >= 15 is 0 Å². The molecule has 96 valence electrons. The quantitative estimate of drug-likeness (QED) is 0.334. The lowest BCUT2D eigenvalue weighted by molar-refractivity contribution is -0.147. The Morgan fingerprint density at radius 1 is 1.41 bits per heavy atom. The summed E-state index contributed by atoms with van der Waals surface area (Å²) >= 11 is 0. The van der Waals surface area contributed by atoms with E-state index in [1.165, 1.54) is 0 Å². The Morgan fingerprint density at radius 3 is 2.47 bits per heavy atom. The van der Waals surface area contributed by atoms with Gasteiger partial charge in [0, 0.05) is 18.0 Å². The Kier molecular flexibility index (Phi) is 4.37. The van der Waals surface area contributed by atoms with Gasteiger partial charge < -0.3 is 10.4 Å². The molecule has 2 N–H and O–H groups in total. The minimum absolute atomic E-state index is 0.228. The molecule has 0 saturated heterocycles. The lowest BCUT2D eigenvalue weighted by Crippen LogP contribution is -2.55. The SMILES string of the molecule is CC1(C)CCC(NCCN=[N+]=[N-])(C(=O)O)CC1. The molecule has 0 aromatic rings. The van der Waals surface area contributed by atoms with Crippen LogP contribution in [0.4, 0.5) is 0 Å². The summed E-state index contributed by atoms with van der Waals surface area (Å²) in [4.78, 5) is 14.0. The van der Waals surface area contributed by atoms with Crippen molar-refractivity contribution in [2.24, 2.45) is 10.5 Å². The van der Waals surface area contributed by atoms with Gasteiger partial charge in [0.1, 0.15) is 5.54 Å². The highest BCUT2D eigenvalue weighted by molar-refractivity contribution is 5.79. The molecule has 0 heterocycles. The van der Waals surface area contributed by atoms with Crippen LogP contribution in [0.1, 0.15) is 39.5 Å². The molecule has 6 heteroatoms. The van der Waals surface area contributed by atoms with E-state index in [1.807, 2.05) is 0 Å². The molecule has 0 bridgehead atoms. The summed E-state index contributed by atoms with van der Waals surface area (Å²) in [5.41, 5.74) is 7.55. The third kappa shape index (κ3) is 3.61. The number of rotatable bonds is 5. The number of carbonyl (C=O) groups is 1. The largest absolute Gasteiger partial charge is 0.480 e. The second-order valence-corrected chi connectivity index (χ2v) is 5.43. The Bertz CT molecular complexity index is 324. The number of carboxylic acids is 1. The van der Waals surface area contributed by atoms with Gasteiger partial charge in [0.15, 0.2) is 0 Å². The number of carboxylic acid groups (broad SMARTS) is 1. The van der Waals surface area contributed by atoms with Crippen LogP contribution in [0.5, 0.6) is 0 Å². The molecular formula is C11H20N4O2. The lowest BCUT2D eigenvalue weighted by atomic mass is 9.69. The highest BCUT2D eigenvalue weighted by Gasteiger charge is 2.43. The van der Waals surface area contributed by atoms with E-state index in [9.17, 15) is 9.90 Å². The first kappa shape index (κ1) is 13.8. The van der Waals surface area contributed by atoms with Crippen molar-refractivity contribution in [2.45, 2.75) is 45.1 Å². The van der Waals surface area contributed by atoms with E-state index in [2.05, 4.69) is 29.2 Å². The fourth-order valence-corrected chi connectivity index (χ4v) is 2.21. The highest BCUT2D eigenvalue weighted by Crippen LogP contribution is 2.40. The molecule has 0 spiro atoms. The van der Waals surface area contributed by atoms with Gasteiger partial charge in [-0.15, -0.1) is 0 Å². The molecule has 0 aromatic heterocycles. The maximum absolute atomic E-state index is 11.4. The van der Waals surface area contributed by atoms with Gasteiger partial charge in [-0.1, -0.05) is 19.0 Å². The fraction of sp³-hybridized carbons (Fsp3) is 0.909. The molecule has 0 unspecified atom stereocenters. The standard InChI is InChI=1S/C11H20N4O2/c1-10(2)3-5-11(6-4-10,9(16)17)13-7-8-14-15-12/h13H,3-8H2,1-2H3,(H,16,17). The van der Waals surface area contributed by atoms with E-state index in [0.717, 1.165) is 12.8 Å². The zero-order chi connectivity index (χ0) is 12.9. The van der Waals surface area contributed by atoms with Crippen molar-refractivity contribution in [2.75, 3.05) is 13.1 Å². The molecule has 1 saturated carbocycles. The number of nitrogens with one attached hydrogen (secondary N) is 1. The van der Waals surface area contributed by atoms with Gasteiger partial charge in [-0.3, -0.25) is 4.79 Å². The molecule has 17 heavy (non-hydrogen) atoms. The van der Waals surface area contributed by atoms with Crippen molar-refractivity contribution >= 4 is 5.97 Å². The first-order chi connectivity index (χ1) is 7.92. The van der Waals surface area contributed by atoms with Crippen molar-refractivity contribution in [1.82, 2.24) is 5.32 Å². The second-order valence-electron chi connectivity index (χ2n) is 5.43. The molecule has 6 nitrogen and oxygen atoms in total. The zero-order valence-corrected chi connectivity index (χ0v) is 10.4. The molecule has 1 rings (SSSR count). The average Bonchev–Trinajstić information content (AvgIpc) is 2.26. The zero-order valence-electron chi connectivity index (χ0n) is 10.4. The summed E-state index contributed by atoms with van der Waals surface area (Å²) in [5, 5.41) is 15.8. The second kappa shape index (κ2) is 5.38. The molecule has 0 radical (unpaired) electrons. The molecule has 1 fully saturated rings. The molecule has 0 aromatic carbocycles. The Labute approximate surface area is 101 Å². The van der Waals surface area contributed by atoms with Crippen LogP contribution in [-0.4, -0.2) is 29.7 Å². The molecule has 0 amide bonds. The summed E-state index contributed by atoms with van der Waals surface area (Å²) in [7, 11) is 0. The van der Waals surface area contributed by atoms with Crippen LogP contribution in [0.3, 0.4) is 0 Å². The molecule has 0 aliphatic heterocycles. The third-order valence-corrected chi connectivity index (χ3v) is 3.60. The van der Waals surface area contributed by atoms with Crippen molar-refractivity contribution in [3.63, 3.8) is 0 Å². The minimum atomic E-state index is -0.833. The van der Waals surface area contributed by atoms with E-state index in [0.29, 0.717) is 19.4 Å². The summed E-state index contributed by atoms with van der Waals surface area (Å²) in [6.45, 7) is 5.03. The average molecular weight is 240 g/mol. The van der Waals surface area contributed by atoms with Crippen LogP contribution in [0.15, 0.2) is 5.11 Å². The maximum Gasteiger partial charge on any atom is 0.323 e. The summed E-state index contributed by atoms with van der Waals surface area (Å²) in [6, 6.07) is 0. The van der Waals surface area contributed by atoms with Gasteiger partial charge in [0.25, 0.3) is 0 Å². The van der Waals surface area contributed by atoms with Gasteiger partial charge in [-0.2, -0.15) is 0 Å². The first-order valence-electron chi connectivity index (χ1n) is 5.91. The van der Waals surface area contributed by atoms with Gasteiger partial charge >= 0.3 is 5.97 Å². The van der Waals surface area contributed by atoms with E-state index < -0.39 is 11.5 Å². The Hall–Kier alpha value is -1.26. The van der Waals surface area contributed by atoms with Crippen molar-refractivity contribution in [3.8, 4) is 0 Å². The summed E-state index contributed by atoms with van der Waals surface area (Å²) in [6.07, 6.45) is 3.05. The first-order valence-corrected chi connectivity index (χ1v) is 5.91. The van der Waals surface area contributed by atoms with Gasteiger partial charge in [-0.05, 0) is 36.6 Å². The van der Waals surface area contributed by atoms with Crippen LogP contribution in [0, 0.1) is 5.41 Å². The molecule has 1 aliphatic rings. The monoisotopic (exact) mass is 240 g/mol. The normalized spacial score (nSPS) is 21.5. The van der Waals surface area contributed by atoms with E-state index in [4.69, 9.17) is 5.53 Å². The van der Waals surface area contributed by atoms with Crippen LogP contribution in [-0.2, 0) is 4.79 Å². The topological polar surface area (TPSA) is 98.1 Å². The summed E-state index contributed by atoms with van der Waals surface area (Å²) < 4.78 is 0. The van der Waals surface area contributed by atoms with E-state index in [1.54, 1.807) is 0 Å². The number of azide groups is 1. The van der Waals surface area contributed by atoms with E-state index in [-0.39, 0.29) is 12.0 Å². The van der Waals surface area contributed by atoms with Crippen LogP contribution in [0.2, 0.25) is 0 Å². The number of nitrogens with zero attached hydrogens (tertiary/aromatic N) is 3. The smallest absolute Gasteiger partial charge is 0.323 e. The number of aliphatic carboxylic acids is 1. The van der Waals surface area contributed by atoms with Gasteiger partial charge in [-0.25, -0.2) is 0 Å². The van der Waals surface area contributed by atoms with Crippen molar-refractivity contribution in [1.29, 1.82) is 0 Å². The van der Waals surface area contributed by atoms with Crippen molar-refractivity contribution < 1.29 is 9.90 Å². The Morgan fingerprint density at radius 2 is 2.00 bits per heavy atom. The maximum atomic E-state index is 11.4. The van der Waals surface area contributed by atoms with Gasteiger partial charge in [0.05, 0.1) is 0 Å². The van der Waals surface area contributed by atoms with Crippen LogP contribution in [0.25, 0.3) is 10.4 Å². The predicted octanol–water partition coefficient (Wildman–Crippen LogP) is 2.31. The molecule has 0 atom stereocenters. The predicted molar refractivity (Wildman–Crippen MR) is 64.6 cm³/mol. The minimum Gasteiger partial charge on any atom is -0.480 e. The highest BCUT2D eigenvalue weighted by atomic mass is 16.4. The lowest BCUT2D eigenvalue weighted by Gasteiger charge is -2.41. The Balaban J connectivity index is 2.59. The fourth-order valence-electron chi connectivity index (χ4n) is 2.21. The molecular weight excluding hydrogens is 220 g/mol. The summed E-state index contributed by atoms with van der Waals surface area (Å²) in [5.74, 6) is -0.797. The molecule has 1 aliphatic carbocycles. The third-order valence-electron chi connectivity index (χ3n) is 3.60. The van der Waals surface area contributed by atoms with Crippen molar-refractivity contribution in [3.05, 3.63) is 10.4 Å². The number of hydrogen-bond acceptors (Lipinski definition) is 3.